The van der Waals surface area contributed by atoms with Crippen LogP contribution >= 0.6 is 0 Å². The van der Waals surface area contributed by atoms with Gasteiger partial charge in [-0.15, -0.1) is 0 Å². The zero-order chi connectivity index (χ0) is 24.6. The van der Waals surface area contributed by atoms with E-state index in [0.717, 1.165) is 41.3 Å². The minimum atomic E-state index is -4.59. The van der Waals surface area contributed by atoms with Gasteiger partial charge in [-0.2, -0.15) is 13.2 Å². The van der Waals surface area contributed by atoms with E-state index in [1.807, 2.05) is 0 Å². The molecule has 1 unspecified atom stereocenters. The van der Waals surface area contributed by atoms with Crippen LogP contribution in [-0.2, 0) is 15.8 Å². The van der Waals surface area contributed by atoms with E-state index in [-0.39, 0.29) is 22.4 Å². The molecule has 0 aliphatic carbocycles. The fourth-order valence-corrected chi connectivity index (χ4v) is 3.77. The van der Waals surface area contributed by atoms with E-state index in [0.29, 0.717) is 5.75 Å². The van der Waals surface area contributed by atoms with Crippen LogP contribution in [-0.4, -0.2) is 23.9 Å². The Morgan fingerprint density at radius 1 is 0.912 bits per heavy atom. The van der Waals surface area contributed by atoms with Gasteiger partial charge in [0.25, 0.3) is 11.7 Å². The normalized spacial score (nSPS) is 17.8. The third-order valence-electron chi connectivity index (χ3n) is 5.47. The SMILES string of the molecule is COc1ccc(/C(O)=C2/C(=O)C(=O)N(c3ccc(C(F)(F)F)cc3)C2c2ccc(F)cc2)cc1. The highest BCUT2D eigenvalue weighted by Crippen LogP contribution is 2.43. The molecule has 0 aromatic heterocycles. The zero-order valence-electron chi connectivity index (χ0n) is 17.6. The maximum atomic E-state index is 13.6. The summed E-state index contributed by atoms with van der Waals surface area (Å²) < 4.78 is 57.7. The molecule has 1 aliphatic rings. The number of nitrogens with zero attached hydrogens (tertiary/aromatic N) is 1. The largest absolute Gasteiger partial charge is 0.507 e. The molecular formula is C25H17F4NO4. The van der Waals surface area contributed by atoms with Gasteiger partial charge in [-0.25, -0.2) is 4.39 Å². The molecule has 9 heteroatoms. The second-order valence-electron chi connectivity index (χ2n) is 7.49. The quantitative estimate of drug-likeness (QED) is 0.237. The number of carbonyl (C=O) groups is 2. The predicted molar refractivity (Wildman–Crippen MR) is 116 cm³/mol. The molecule has 1 fully saturated rings. The second-order valence-corrected chi connectivity index (χ2v) is 7.49. The van der Waals surface area contributed by atoms with Gasteiger partial charge in [-0.05, 0) is 66.2 Å². The second kappa shape index (κ2) is 8.66. The number of rotatable bonds is 4. The van der Waals surface area contributed by atoms with Crippen LogP contribution in [0.5, 0.6) is 5.75 Å². The summed E-state index contributed by atoms with van der Waals surface area (Å²) in [6.07, 6.45) is -4.59. The minimum absolute atomic E-state index is 0.0122. The summed E-state index contributed by atoms with van der Waals surface area (Å²) >= 11 is 0. The van der Waals surface area contributed by atoms with E-state index in [2.05, 4.69) is 0 Å². The van der Waals surface area contributed by atoms with E-state index in [4.69, 9.17) is 4.74 Å². The summed E-state index contributed by atoms with van der Waals surface area (Å²) in [5, 5.41) is 11.0. The molecule has 5 nitrogen and oxygen atoms in total. The van der Waals surface area contributed by atoms with Gasteiger partial charge in [-0.1, -0.05) is 12.1 Å². The molecule has 0 spiro atoms. The van der Waals surface area contributed by atoms with Crippen molar-refractivity contribution in [3.05, 3.63) is 101 Å². The molecule has 34 heavy (non-hydrogen) atoms. The van der Waals surface area contributed by atoms with Gasteiger partial charge < -0.3 is 9.84 Å². The summed E-state index contributed by atoms with van der Waals surface area (Å²) in [7, 11) is 1.46. The standard InChI is InChI=1S/C25H17F4NO4/c1-34-19-12-4-15(5-13-19)22(31)20-21(14-2-8-17(26)9-3-14)30(24(33)23(20)32)18-10-6-16(7-11-18)25(27,28)29/h2-13,21,31H,1H3/b22-20-. The number of aliphatic hydroxyl groups excluding tert-OH is 1. The van der Waals surface area contributed by atoms with Crippen molar-refractivity contribution >= 4 is 23.1 Å². The summed E-state index contributed by atoms with van der Waals surface area (Å²) in [6, 6.07) is 13.5. The van der Waals surface area contributed by atoms with Gasteiger partial charge >= 0.3 is 6.18 Å². The Balaban J connectivity index is 1.88. The van der Waals surface area contributed by atoms with Crippen LogP contribution in [0.2, 0.25) is 0 Å². The first-order chi connectivity index (χ1) is 16.1. The predicted octanol–water partition coefficient (Wildman–Crippen LogP) is 5.48. The van der Waals surface area contributed by atoms with E-state index < -0.39 is 41.0 Å². The van der Waals surface area contributed by atoms with Crippen molar-refractivity contribution in [1.82, 2.24) is 0 Å². The van der Waals surface area contributed by atoms with Crippen LogP contribution < -0.4 is 9.64 Å². The molecule has 0 bridgehead atoms. The topological polar surface area (TPSA) is 66.8 Å². The lowest BCUT2D eigenvalue weighted by Crippen LogP contribution is -2.29. The molecular weight excluding hydrogens is 454 g/mol. The summed E-state index contributed by atoms with van der Waals surface area (Å²) in [5.74, 6) is -2.61. The van der Waals surface area contributed by atoms with Crippen molar-refractivity contribution in [1.29, 1.82) is 0 Å². The molecule has 1 heterocycles. The number of hydrogen-bond acceptors (Lipinski definition) is 4. The van der Waals surface area contributed by atoms with Crippen LogP contribution in [0.15, 0.2) is 78.4 Å². The van der Waals surface area contributed by atoms with Crippen molar-refractivity contribution < 1.29 is 37.0 Å². The number of methoxy groups -OCH3 is 1. The lowest BCUT2D eigenvalue weighted by atomic mass is 9.95. The molecule has 4 rings (SSSR count). The van der Waals surface area contributed by atoms with E-state index in [9.17, 15) is 32.3 Å². The Morgan fingerprint density at radius 2 is 1.50 bits per heavy atom. The van der Waals surface area contributed by atoms with Gasteiger partial charge in [0, 0.05) is 11.3 Å². The Morgan fingerprint density at radius 3 is 2.03 bits per heavy atom. The van der Waals surface area contributed by atoms with Crippen molar-refractivity contribution in [2.45, 2.75) is 12.2 Å². The molecule has 1 atom stereocenters. The number of aliphatic hydroxyl groups is 1. The first kappa shape index (κ1) is 23.0. The average molecular weight is 471 g/mol. The molecule has 3 aromatic carbocycles. The number of ether oxygens (including phenoxy) is 1. The molecule has 0 radical (unpaired) electrons. The van der Waals surface area contributed by atoms with E-state index >= 15 is 0 Å². The molecule has 1 N–H and O–H groups in total. The number of hydrogen-bond donors (Lipinski definition) is 1. The van der Waals surface area contributed by atoms with Gasteiger partial charge in [0.2, 0.25) is 0 Å². The van der Waals surface area contributed by atoms with Crippen molar-refractivity contribution in [2.75, 3.05) is 12.0 Å². The Labute approximate surface area is 191 Å². The van der Waals surface area contributed by atoms with Gasteiger partial charge in [0.1, 0.15) is 17.3 Å². The zero-order valence-corrected chi connectivity index (χ0v) is 17.6. The smallest absolute Gasteiger partial charge is 0.416 e. The molecule has 0 saturated carbocycles. The lowest BCUT2D eigenvalue weighted by molar-refractivity contribution is -0.137. The highest BCUT2D eigenvalue weighted by molar-refractivity contribution is 6.51. The number of halogens is 4. The highest BCUT2D eigenvalue weighted by Gasteiger charge is 2.47. The summed E-state index contributed by atoms with van der Waals surface area (Å²) in [6.45, 7) is 0. The molecule has 3 aromatic rings. The van der Waals surface area contributed by atoms with E-state index in [1.165, 1.54) is 31.4 Å². The lowest BCUT2D eigenvalue weighted by Gasteiger charge is -2.25. The minimum Gasteiger partial charge on any atom is -0.507 e. The van der Waals surface area contributed by atoms with Crippen LogP contribution in [0.25, 0.3) is 5.76 Å². The fourth-order valence-electron chi connectivity index (χ4n) is 3.77. The Hall–Kier alpha value is -4.14. The van der Waals surface area contributed by atoms with Gasteiger partial charge in [0.05, 0.1) is 24.3 Å². The van der Waals surface area contributed by atoms with Crippen LogP contribution in [0.4, 0.5) is 23.2 Å². The molecule has 1 saturated heterocycles. The fraction of sp³-hybridized carbons (Fsp3) is 0.120. The van der Waals surface area contributed by atoms with Crippen LogP contribution in [0, 0.1) is 5.82 Å². The number of ketones is 1. The number of alkyl halides is 3. The van der Waals surface area contributed by atoms with E-state index in [1.54, 1.807) is 12.1 Å². The molecule has 1 aliphatic heterocycles. The first-order valence-corrected chi connectivity index (χ1v) is 10.00. The highest BCUT2D eigenvalue weighted by atomic mass is 19.4. The average Bonchev–Trinajstić information content (AvgIpc) is 3.09. The molecule has 174 valence electrons. The number of anilines is 1. The maximum absolute atomic E-state index is 13.6. The number of benzene rings is 3. The maximum Gasteiger partial charge on any atom is 0.416 e. The number of amides is 1. The Bertz CT molecular complexity index is 1260. The van der Waals surface area contributed by atoms with Gasteiger partial charge in [0.15, 0.2) is 0 Å². The van der Waals surface area contributed by atoms with Crippen molar-refractivity contribution in [2.24, 2.45) is 0 Å². The Kier molecular flexibility index (Phi) is 5.87. The first-order valence-electron chi connectivity index (χ1n) is 10.00. The monoisotopic (exact) mass is 471 g/mol. The van der Waals surface area contributed by atoms with Crippen LogP contribution in [0.1, 0.15) is 22.7 Å². The number of carbonyl (C=O) groups excluding carboxylic acids is 2. The summed E-state index contributed by atoms with van der Waals surface area (Å²) in [5.41, 5.74) is -0.682. The van der Waals surface area contributed by atoms with Gasteiger partial charge in [-0.3, -0.25) is 14.5 Å². The molecule has 1 amide bonds. The van der Waals surface area contributed by atoms with Crippen molar-refractivity contribution in [3.63, 3.8) is 0 Å². The third-order valence-corrected chi connectivity index (χ3v) is 5.47. The third kappa shape index (κ3) is 4.12. The van der Waals surface area contributed by atoms with Crippen LogP contribution in [0.3, 0.4) is 0 Å². The number of Topliss-reactive ketones (excluding diaryl/α,β-unsaturated/α-hetero) is 1. The van der Waals surface area contributed by atoms with Crippen molar-refractivity contribution in [3.8, 4) is 5.75 Å². The summed E-state index contributed by atoms with van der Waals surface area (Å²) in [4.78, 5) is 27.0.